The minimum Gasteiger partial charge on any atom is -0.325 e. The molecular formula is C14H27N. The van der Waals surface area contributed by atoms with E-state index in [1.807, 2.05) is 0 Å². The largest absolute Gasteiger partial charge is 0.325 e. The fourth-order valence-corrected chi connectivity index (χ4v) is 3.79. The zero-order chi connectivity index (χ0) is 11.1. The Morgan fingerprint density at radius 1 is 1.13 bits per heavy atom. The van der Waals surface area contributed by atoms with E-state index in [0.717, 1.165) is 23.7 Å². The maximum atomic E-state index is 6.51. The van der Waals surface area contributed by atoms with Crippen molar-refractivity contribution in [1.82, 2.24) is 0 Å². The monoisotopic (exact) mass is 209 g/mol. The molecule has 2 fully saturated rings. The van der Waals surface area contributed by atoms with Crippen molar-refractivity contribution in [3.05, 3.63) is 0 Å². The molecule has 4 atom stereocenters. The first-order valence-corrected chi connectivity index (χ1v) is 6.82. The summed E-state index contributed by atoms with van der Waals surface area (Å²) in [6, 6.07) is 0. The predicted molar refractivity (Wildman–Crippen MR) is 65.6 cm³/mol. The summed E-state index contributed by atoms with van der Waals surface area (Å²) in [7, 11) is 0. The van der Waals surface area contributed by atoms with E-state index in [1.165, 1.54) is 38.5 Å². The summed E-state index contributed by atoms with van der Waals surface area (Å²) in [6.07, 6.45) is 8.26. The number of nitrogens with two attached hydrogens (primary N) is 1. The van der Waals surface area contributed by atoms with E-state index in [9.17, 15) is 0 Å². The highest BCUT2D eigenvalue weighted by atomic mass is 14.9. The van der Waals surface area contributed by atoms with Gasteiger partial charge < -0.3 is 5.73 Å². The first kappa shape index (κ1) is 11.4. The molecule has 2 rings (SSSR count). The van der Waals surface area contributed by atoms with Crippen LogP contribution in [0.4, 0.5) is 0 Å². The van der Waals surface area contributed by atoms with Gasteiger partial charge in [0.15, 0.2) is 0 Å². The van der Waals surface area contributed by atoms with E-state index >= 15 is 0 Å². The van der Waals surface area contributed by atoms with Gasteiger partial charge in [0, 0.05) is 5.54 Å². The molecule has 0 amide bonds. The van der Waals surface area contributed by atoms with Crippen molar-refractivity contribution in [2.24, 2.45) is 29.4 Å². The van der Waals surface area contributed by atoms with Gasteiger partial charge >= 0.3 is 0 Å². The molecule has 1 nitrogen and oxygen atoms in total. The summed E-state index contributed by atoms with van der Waals surface area (Å²) < 4.78 is 0. The van der Waals surface area contributed by atoms with Crippen LogP contribution in [0.3, 0.4) is 0 Å². The number of hydrogen-bond acceptors (Lipinski definition) is 1. The zero-order valence-electron chi connectivity index (χ0n) is 10.6. The van der Waals surface area contributed by atoms with Crippen molar-refractivity contribution in [2.75, 3.05) is 0 Å². The van der Waals surface area contributed by atoms with Crippen molar-refractivity contribution in [3.63, 3.8) is 0 Å². The molecule has 0 aromatic heterocycles. The highest BCUT2D eigenvalue weighted by Crippen LogP contribution is 2.54. The molecule has 0 heterocycles. The van der Waals surface area contributed by atoms with Crippen LogP contribution < -0.4 is 5.73 Å². The summed E-state index contributed by atoms with van der Waals surface area (Å²) in [5, 5.41) is 0. The van der Waals surface area contributed by atoms with Gasteiger partial charge in [-0.1, -0.05) is 40.0 Å². The van der Waals surface area contributed by atoms with Crippen molar-refractivity contribution in [1.29, 1.82) is 0 Å². The highest BCUT2D eigenvalue weighted by Gasteiger charge is 2.55. The lowest BCUT2D eigenvalue weighted by atomic mass is 9.84. The van der Waals surface area contributed by atoms with Crippen LogP contribution in [-0.4, -0.2) is 5.54 Å². The van der Waals surface area contributed by atoms with E-state index in [2.05, 4.69) is 20.8 Å². The number of hydrogen-bond donors (Lipinski definition) is 1. The Morgan fingerprint density at radius 2 is 1.80 bits per heavy atom. The van der Waals surface area contributed by atoms with Gasteiger partial charge in [0.25, 0.3) is 0 Å². The van der Waals surface area contributed by atoms with Crippen LogP contribution in [0.15, 0.2) is 0 Å². The zero-order valence-corrected chi connectivity index (χ0v) is 10.6. The first-order valence-electron chi connectivity index (χ1n) is 6.82. The van der Waals surface area contributed by atoms with Gasteiger partial charge in [-0.2, -0.15) is 0 Å². The van der Waals surface area contributed by atoms with Crippen LogP contribution in [0.1, 0.15) is 59.3 Å². The number of rotatable bonds is 1. The van der Waals surface area contributed by atoms with Crippen molar-refractivity contribution >= 4 is 0 Å². The molecule has 0 spiro atoms. The summed E-state index contributed by atoms with van der Waals surface area (Å²) in [5.41, 5.74) is 6.74. The van der Waals surface area contributed by atoms with E-state index in [0.29, 0.717) is 0 Å². The van der Waals surface area contributed by atoms with Crippen LogP contribution in [0.5, 0.6) is 0 Å². The molecular weight excluding hydrogens is 182 g/mol. The van der Waals surface area contributed by atoms with Crippen LogP contribution in [0.25, 0.3) is 0 Å². The minimum atomic E-state index is 0.235. The Hall–Kier alpha value is -0.0400. The molecule has 0 aliphatic heterocycles. The second kappa shape index (κ2) is 4.08. The van der Waals surface area contributed by atoms with Crippen LogP contribution in [0.2, 0.25) is 0 Å². The SMILES string of the molecule is CC1CCCCC(C(C)C)C2CC2(N)C1. The molecule has 2 aliphatic carbocycles. The van der Waals surface area contributed by atoms with Gasteiger partial charge in [0.05, 0.1) is 0 Å². The average Bonchev–Trinajstić information content (AvgIpc) is 2.74. The summed E-state index contributed by atoms with van der Waals surface area (Å²) >= 11 is 0. The van der Waals surface area contributed by atoms with Gasteiger partial charge in [-0.05, 0) is 42.9 Å². The maximum absolute atomic E-state index is 6.51. The van der Waals surface area contributed by atoms with E-state index < -0.39 is 0 Å². The van der Waals surface area contributed by atoms with Gasteiger partial charge in [0.1, 0.15) is 0 Å². The van der Waals surface area contributed by atoms with Gasteiger partial charge in [-0.25, -0.2) is 0 Å². The van der Waals surface area contributed by atoms with Crippen molar-refractivity contribution in [3.8, 4) is 0 Å². The Morgan fingerprint density at radius 3 is 2.47 bits per heavy atom. The fourth-order valence-electron chi connectivity index (χ4n) is 3.79. The molecule has 15 heavy (non-hydrogen) atoms. The Balaban J connectivity index is 2.05. The van der Waals surface area contributed by atoms with E-state index in [1.54, 1.807) is 0 Å². The van der Waals surface area contributed by atoms with Crippen LogP contribution >= 0.6 is 0 Å². The van der Waals surface area contributed by atoms with Crippen molar-refractivity contribution < 1.29 is 0 Å². The third-order valence-corrected chi connectivity index (χ3v) is 4.76. The molecule has 2 saturated carbocycles. The van der Waals surface area contributed by atoms with E-state index in [4.69, 9.17) is 5.73 Å². The lowest BCUT2D eigenvalue weighted by molar-refractivity contribution is 0.286. The number of fused-ring (bicyclic) bond motifs is 1. The molecule has 4 unspecified atom stereocenters. The smallest absolute Gasteiger partial charge is 0.0192 e. The van der Waals surface area contributed by atoms with Gasteiger partial charge in [0.2, 0.25) is 0 Å². The maximum Gasteiger partial charge on any atom is 0.0192 e. The van der Waals surface area contributed by atoms with E-state index in [-0.39, 0.29) is 5.54 Å². The van der Waals surface area contributed by atoms with Gasteiger partial charge in [-0.15, -0.1) is 0 Å². The third-order valence-electron chi connectivity index (χ3n) is 4.76. The molecule has 0 aromatic rings. The second-order valence-electron chi connectivity index (χ2n) is 6.55. The third kappa shape index (κ3) is 2.38. The second-order valence-corrected chi connectivity index (χ2v) is 6.55. The normalized spacial score (nSPS) is 46.6. The van der Waals surface area contributed by atoms with Crippen LogP contribution in [0, 0.1) is 23.7 Å². The Labute approximate surface area is 94.8 Å². The Bertz CT molecular complexity index is 223. The molecule has 1 heteroatoms. The lowest BCUT2D eigenvalue weighted by Crippen LogP contribution is -2.30. The predicted octanol–water partition coefficient (Wildman–Crippen LogP) is 3.58. The fraction of sp³-hybridized carbons (Fsp3) is 1.00. The molecule has 2 aliphatic rings. The quantitative estimate of drug-likeness (QED) is 0.702. The molecule has 0 saturated heterocycles. The van der Waals surface area contributed by atoms with Crippen LogP contribution in [-0.2, 0) is 0 Å². The van der Waals surface area contributed by atoms with Crippen molar-refractivity contribution in [2.45, 2.75) is 64.8 Å². The molecule has 0 aromatic carbocycles. The standard InChI is InChI=1S/C14H27N/c1-10(2)12-7-5-4-6-11(3)8-14(15)9-13(12)14/h10-13H,4-9,15H2,1-3H3. The first-order chi connectivity index (χ1) is 7.03. The summed E-state index contributed by atoms with van der Waals surface area (Å²) in [4.78, 5) is 0. The lowest BCUT2D eigenvalue weighted by Gasteiger charge is -2.23. The average molecular weight is 209 g/mol. The summed E-state index contributed by atoms with van der Waals surface area (Å²) in [6.45, 7) is 7.15. The van der Waals surface area contributed by atoms with Gasteiger partial charge in [-0.3, -0.25) is 0 Å². The highest BCUT2D eigenvalue weighted by molar-refractivity contribution is 5.11. The molecule has 0 bridgehead atoms. The summed E-state index contributed by atoms with van der Waals surface area (Å²) in [5.74, 6) is 3.43. The topological polar surface area (TPSA) is 26.0 Å². The Kier molecular flexibility index (Phi) is 3.12. The molecule has 0 radical (unpaired) electrons. The molecule has 88 valence electrons. The minimum absolute atomic E-state index is 0.235. The molecule has 2 N–H and O–H groups in total.